The Labute approximate surface area is 599 Å². The summed E-state index contributed by atoms with van der Waals surface area (Å²) in [5, 5.41) is 9.78. The fourth-order valence-corrected chi connectivity index (χ4v) is 11.5. The molecule has 0 heterocycles. The number of allylic oxidation sites excluding steroid dienone is 20. The maximum atomic E-state index is 13.0. The van der Waals surface area contributed by atoms with E-state index >= 15 is 0 Å². The van der Waals surface area contributed by atoms with Crippen molar-refractivity contribution >= 4 is 17.9 Å². The molecule has 0 bridgehead atoms. The number of unbranched alkanes of at least 4 members (excludes halogenated alkanes) is 40. The molecule has 97 heavy (non-hydrogen) atoms. The first-order valence-corrected chi connectivity index (χ1v) is 40.7. The smallest absolute Gasteiger partial charge is 0.361 e. The van der Waals surface area contributed by atoms with Crippen LogP contribution in [0.15, 0.2) is 122 Å². The van der Waals surface area contributed by atoms with Gasteiger partial charge in [-0.25, -0.2) is 4.79 Å². The van der Waals surface area contributed by atoms with Crippen LogP contribution in [0.25, 0.3) is 0 Å². The van der Waals surface area contributed by atoms with E-state index in [-0.39, 0.29) is 32.2 Å². The van der Waals surface area contributed by atoms with E-state index in [2.05, 4.69) is 135 Å². The van der Waals surface area contributed by atoms with Crippen molar-refractivity contribution in [3.63, 3.8) is 0 Å². The van der Waals surface area contributed by atoms with Crippen LogP contribution in [0, 0.1) is 0 Å². The normalized spacial score (nSPS) is 13.3. The van der Waals surface area contributed by atoms with Gasteiger partial charge in [-0.15, -0.1) is 0 Å². The second-order valence-electron chi connectivity index (χ2n) is 28.3. The average molecular weight is 1350 g/mol. The second-order valence-corrected chi connectivity index (χ2v) is 28.3. The molecule has 0 amide bonds. The standard InChI is InChI=1S/C88H153NO8/c1-6-8-10-12-14-16-18-20-22-24-26-28-30-32-34-36-38-40-42-43-45-46-48-50-52-54-56-58-60-62-64-66-68-70-72-74-76-78-85(90)95-82-84(83-96-88(87(92)93)94-81-80-89(3,4)5)97-86(91)79-77-75-73-71-69-67-65-63-61-59-57-55-53-51-49-47-44-41-39-37-35-33-31-29-27-25-23-21-19-17-15-13-11-9-7-2/h9,11,15,17,21,23-24,26-27,29,33,35,39,41,47,49,53,55,59,61,84,88H,6-8,10,12-14,16,18-20,22,25,28,30-32,34,36-38,40,42-46,48,50-52,54,56-58,60,62-83H2,1-5H3/p+1/b11-9-,17-15-,23-21-,26-24-,29-27-,35-33-,41-39-,49-47-,55-53-,61-59-. The van der Waals surface area contributed by atoms with E-state index < -0.39 is 24.3 Å². The Morgan fingerprint density at radius 2 is 0.588 bits per heavy atom. The number of ether oxygens (including phenoxy) is 4. The Morgan fingerprint density at radius 3 is 0.887 bits per heavy atom. The van der Waals surface area contributed by atoms with Gasteiger partial charge in [-0.05, 0) is 109 Å². The van der Waals surface area contributed by atoms with Gasteiger partial charge in [-0.3, -0.25) is 9.59 Å². The van der Waals surface area contributed by atoms with Crippen LogP contribution in [0.5, 0.6) is 0 Å². The van der Waals surface area contributed by atoms with Gasteiger partial charge in [0, 0.05) is 12.8 Å². The zero-order valence-electron chi connectivity index (χ0n) is 64.0. The molecule has 0 aliphatic carbocycles. The molecule has 0 saturated heterocycles. The number of hydrogen-bond acceptors (Lipinski definition) is 7. The van der Waals surface area contributed by atoms with Crippen LogP contribution < -0.4 is 0 Å². The van der Waals surface area contributed by atoms with Gasteiger partial charge in [0.25, 0.3) is 6.29 Å². The maximum Gasteiger partial charge on any atom is 0.361 e. The lowest BCUT2D eigenvalue weighted by atomic mass is 10.0. The maximum absolute atomic E-state index is 13.0. The van der Waals surface area contributed by atoms with Crippen molar-refractivity contribution in [2.24, 2.45) is 0 Å². The van der Waals surface area contributed by atoms with Crippen LogP contribution in [0.4, 0.5) is 0 Å². The zero-order valence-corrected chi connectivity index (χ0v) is 64.0. The van der Waals surface area contributed by atoms with E-state index in [9.17, 15) is 19.5 Å². The Balaban J connectivity index is 4.06. The number of hydrogen-bond donors (Lipinski definition) is 1. The summed E-state index contributed by atoms with van der Waals surface area (Å²) < 4.78 is 23.0. The number of likely N-dealkylation sites (N-methyl/N-ethyl adjacent to an activating group) is 1. The quantitative estimate of drug-likeness (QED) is 0.0211. The number of carboxylic acids is 1. The number of carbonyl (C=O) groups is 3. The molecule has 0 saturated carbocycles. The first-order valence-electron chi connectivity index (χ1n) is 40.7. The fourth-order valence-electron chi connectivity index (χ4n) is 11.5. The average Bonchev–Trinajstić information content (AvgIpc) is 3.74. The number of quaternary nitrogens is 1. The van der Waals surface area contributed by atoms with Gasteiger partial charge < -0.3 is 28.5 Å². The van der Waals surface area contributed by atoms with E-state index in [4.69, 9.17) is 18.9 Å². The predicted octanol–water partition coefficient (Wildman–Crippen LogP) is 26.3. The second kappa shape index (κ2) is 77.4. The molecule has 0 fully saturated rings. The lowest BCUT2D eigenvalue weighted by molar-refractivity contribution is -0.870. The first kappa shape index (κ1) is 92.7. The van der Waals surface area contributed by atoms with Gasteiger partial charge in [0.05, 0.1) is 34.4 Å². The highest BCUT2D eigenvalue weighted by molar-refractivity contribution is 5.71. The molecule has 0 aromatic rings. The van der Waals surface area contributed by atoms with Crippen molar-refractivity contribution in [3.8, 4) is 0 Å². The molecule has 9 heteroatoms. The van der Waals surface area contributed by atoms with Crippen LogP contribution in [0.1, 0.15) is 361 Å². The van der Waals surface area contributed by atoms with Crippen LogP contribution >= 0.6 is 0 Å². The third kappa shape index (κ3) is 78.9. The predicted molar refractivity (Wildman–Crippen MR) is 419 cm³/mol. The highest BCUT2D eigenvalue weighted by Gasteiger charge is 2.25. The van der Waals surface area contributed by atoms with Crippen molar-refractivity contribution in [3.05, 3.63) is 122 Å². The van der Waals surface area contributed by atoms with Gasteiger partial charge in [0.1, 0.15) is 13.2 Å². The number of aliphatic carboxylic acids is 1. The summed E-state index contributed by atoms with van der Waals surface area (Å²) >= 11 is 0. The molecule has 0 aromatic heterocycles. The number of esters is 2. The van der Waals surface area contributed by atoms with Gasteiger partial charge >= 0.3 is 17.9 Å². The summed E-state index contributed by atoms with van der Waals surface area (Å²) in [5.41, 5.74) is 0. The number of nitrogens with zero attached hydrogens (tertiary/aromatic N) is 1. The minimum absolute atomic E-state index is 0.181. The lowest BCUT2D eigenvalue weighted by Crippen LogP contribution is -2.40. The minimum atomic E-state index is -1.52. The van der Waals surface area contributed by atoms with Crippen molar-refractivity contribution in [1.82, 2.24) is 0 Å². The Hall–Kier alpha value is -4.31. The van der Waals surface area contributed by atoms with Gasteiger partial charge in [-0.2, -0.15) is 0 Å². The minimum Gasteiger partial charge on any atom is -0.477 e. The molecule has 9 nitrogen and oxygen atoms in total. The molecule has 0 spiro atoms. The lowest BCUT2D eigenvalue weighted by Gasteiger charge is -2.25. The van der Waals surface area contributed by atoms with Crippen LogP contribution in [0.2, 0.25) is 0 Å². The molecule has 1 N–H and O–H groups in total. The molecule has 0 aromatic carbocycles. The van der Waals surface area contributed by atoms with Crippen LogP contribution in [0.3, 0.4) is 0 Å². The summed E-state index contributed by atoms with van der Waals surface area (Å²) in [4.78, 5) is 37.7. The SMILES string of the molecule is CC/C=C\C/C=C\C/C=C\C/C=C\C/C=C\C/C=C\C/C=C\C/C=C\C/C=C\CCCCCCCCCC(=O)OC(COC(=O)CCCCCCCCCCCCCCCCCCCCCCCCCCC/C=C\CCCCCCCCCC)COC(OCC[N+](C)(C)C)C(=O)O. The highest BCUT2D eigenvalue weighted by atomic mass is 16.7. The molecule has 0 rings (SSSR count). The van der Waals surface area contributed by atoms with Crippen molar-refractivity contribution < 1.29 is 42.9 Å². The number of carboxylic acid groups (broad SMARTS) is 1. The molecule has 0 aliphatic rings. The van der Waals surface area contributed by atoms with Crippen molar-refractivity contribution in [2.75, 3.05) is 47.5 Å². The molecular formula is C88H154NO8+. The van der Waals surface area contributed by atoms with E-state index in [1.807, 2.05) is 21.1 Å². The Kier molecular flexibility index (Phi) is 74.0. The molecule has 2 atom stereocenters. The van der Waals surface area contributed by atoms with Crippen LogP contribution in [-0.4, -0.2) is 87.4 Å². The van der Waals surface area contributed by atoms with E-state index in [1.165, 1.54) is 225 Å². The molecule has 0 aliphatic heterocycles. The summed E-state index contributed by atoms with van der Waals surface area (Å²) in [7, 11) is 5.98. The Morgan fingerprint density at radius 1 is 0.320 bits per heavy atom. The van der Waals surface area contributed by atoms with E-state index in [1.54, 1.807) is 0 Å². The monoisotopic (exact) mass is 1350 g/mol. The van der Waals surface area contributed by atoms with E-state index in [0.29, 0.717) is 23.9 Å². The molecular weight excluding hydrogens is 1200 g/mol. The van der Waals surface area contributed by atoms with Crippen LogP contribution in [-0.2, 0) is 33.3 Å². The topological polar surface area (TPSA) is 108 Å². The van der Waals surface area contributed by atoms with E-state index in [0.717, 1.165) is 103 Å². The highest BCUT2D eigenvalue weighted by Crippen LogP contribution is 2.19. The first-order chi connectivity index (χ1) is 47.6. The zero-order chi connectivity index (χ0) is 70.4. The summed E-state index contributed by atoms with van der Waals surface area (Å²) in [6.07, 6.45) is 108. The molecule has 558 valence electrons. The van der Waals surface area contributed by atoms with Crippen molar-refractivity contribution in [1.29, 1.82) is 0 Å². The summed E-state index contributed by atoms with van der Waals surface area (Å²) in [6, 6.07) is 0. The third-order valence-corrected chi connectivity index (χ3v) is 17.7. The van der Waals surface area contributed by atoms with Gasteiger partial charge in [-0.1, -0.05) is 360 Å². The van der Waals surface area contributed by atoms with Crippen molar-refractivity contribution in [2.45, 2.75) is 373 Å². The van der Waals surface area contributed by atoms with Gasteiger partial charge in [0.2, 0.25) is 0 Å². The Bertz CT molecular complexity index is 2020. The molecule has 0 radical (unpaired) electrons. The summed E-state index contributed by atoms with van der Waals surface area (Å²) in [5.74, 6) is -2.01. The van der Waals surface area contributed by atoms with Gasteiger partial charge in [0.15, 0.2) is 6.10 Å². The summed E-state index contributed by atoms with van der Waals surface area (Å²) in [6.45, 7) is 4.78. The molecule has 2 unspecified atom stereocenters. The third-order valence-electron chi connectivity index (χ3n) is 17.7. The number of carbonyl (C=O) groups excluding carboxylic acids is 2. The fraction of sp³-hybridized carbons (Fsp3) is 0.739. The number of rotatable bonds is 75. The largest absolute Gasteiger partial charge is 0.477 e.